The van der Waals surface area contributed by atoms with Gasteiger partial charge in [-0.1, -0.05) is 23.8 Å². The van der Waals surface area contributed by atoms with Gasteiger partial charge in [-0.25, -0.2) is 0 Å². The van der Waals surface area contributed by atoms with Gasteiger partial charge < -0.3 is 9.47 Å². The lowest BCUT2D eigenvalue weighted by atomic mass is 9.85. The van der Waals surface area contributed by atoms with Crippen LogP contribution in [0, 0.1) is 35.0 Å². The topological polar surface area (TPSA) is 92.0 Å². The van der Waals surface area contributed by atoms with Crippen molar-refractivity contribution in [1.29, 1.82) is 5.26 Å². The van der Waals surface area contributed by atoms with Crippen molar-refractivity contribution in [2.24, 2.45) is 28.8 Å². The Labute approximate surface area is 160 Å². The highest BCUT2D eigenvalue weighted by atomic mass is 35.5. The molecule has 2 amide bonds. The normalized spacial score (nSPS) is 28.1. The molecule has 4 atom stereocenters. The second-order valence-electron chi connectivity index (χ2n) is 6.71. The van der Waals surface area contributed by atoms with Gasteiger partial charge in [-0.05, 0) is 36.0 Å². The number of hydrogen-bond acceptors (Lipinski definition) is 6. The number of nitrogens with zero attached hydrogens (tertiary/aromatic N) is 3. The van der Waals surface area contributed by atoms with Gasteiger partial charge >= 0.3 is 0 Å². The van der Waals surface area contributed by atoms with Crippen molar-refractivity contribution in [3.05, 3.63) is 34.9 Å². The molecule has 1 aliphatic heterocycles. The number of fused-ring (bicyclic) bond motifs is 5. The van der Waals surface area contributed by atoms with E-state index in [-0.39, 0.29) is 52.9 Å². The second kappa shape index (κ2) is 6.71. The van der Waals surface area contributed by atoms with Gasteiger partial charge in [0.1, 0.15) is 6.07 Å². The van der Waals surface area contributed by atoms with E-state index in [1.165, 1.54) is 13.3 Å². The van der Waals surface area contributed by atoms with Gasteiger partial charge in [0.15, 0.2) is 18.1 Å². The zero-order valence-corrected chi connectivity index (χ0v) is 15.2. The molecule has 2 bridgehead atoms. The molecule has 7 nitrogen and oxygen atoms in total. The summed E-state index contributed by atoms with van der Waals surface area (Å²) in [5.41, 5.74) is 0.542. The summed E-state index contributed by atoms with van der Waals surface area (Å²) in [4.78, 5) is 25.3. The molecule has 2 aliphatic carbocycles. The molecular formula is C19H16ClN3O4. The number of carbonyl (C=O) groups excluding carboxylic acids is 2. The monoisotopic (exact) mass is 385 g/mol. The molecule has 1 heterocycles. The van der Waals surface area contributed by atoms with E-state index in [1.807, 2.05) is 18.2 Å². The Kier molecular flexibility index (Phi) is 4.36. The summed E-state index contributed by atoms with van der Waals surface area (Å²) < 4.78 is 10.5. The van der Waals surface area contributed by atoms with E-state index in [9.17, 15) is 9.59 Å². The van der Waals surface area contributed by atoms with Crippen LogP contribution in [0.4, 0.5) is 0 Å². The lowest BCUT2D eigenvalue weighted by Gasteiger charge is -2.13. The lowest BCUT2D eigenvalue weighted by molar-refractivity contribution is -0.140. The highest BCUT2D eigenvalue weighted by Crippen LogP contribution is 2.52. The largest absolute Gasteiger partial charge is 0.493 e. The second-order valence-corrected chi connectivity index (χ2v) is 7.12. The Balaban J connectivity index is 1.57. The number of hydrazone groups is 1. The number of ether oxygens (including phenoxy) is 2. The van der Waals surface area contributed by atoms with Gasteiger partial charge in [-0.3, -0.25) is 9.59 Å². The Morgan fingerprint density at radius 3 is 2.56 bits per heavy atom. The van der Waals surface area contributed by atoms with Crippen molar-refractivity contribution in [2.45, 2.75) is 6.42 Å². The number of benzene rings is 1. The third kappa shape index (κ3) is 2.77. The van der Waals surface area contributed by atoms with Crippen LogP contribution in [0.3, 0.4) is 0 Å². The van der Waals surface area contributed by atoms with Crippen molar-refractivity contribution < 1.29 is 19.1 Å². The van der Waals surface area contributed by atoms with Gasteiger partial charge in [-0.2, -0.15) is 15.4 Å². The van der Waals surface area contributed by atoms with Gasteiger partial charge in [0.2, 0.25) is 0 Å². The van der Waals surface area contributed by atoms with Crippen LogP contribution in [0.15, 0.2) is 29.4 Å². The minimum absolute atomic E-state index is 0.141. The van der Waals surface area contributed by atoms with Crippen LogP contribution < -0.4 is 9.47 Å². The minimum Gasteiger partial charge on any atom is -0.493 e. The third-order valence-electron chi connectivity index (χ3n) is 5.30. The Hall–Kier alpha value is -2.85. The van der Waals surface area contributed by atoms with Crippen molar-refractivity contribution in [3.8, 4) is 17.6 Å². The van der Waals surface area contributed by atoms with Crippen molar-refractivity contribution in [1.82, 2.24) is 5.01 Å². The molecule has 0 N–H and O–H groups in total. The van der Waals surface area contributed by atoms with Gasteiger partial charge in [0.25, 0.3) is 11.8 Å². The summed E-state index contributed by atoms with van der Waals surface area (Å²) >= 11 is 6.19. The molecule has 138 valence electrons. The average molecular weight is 386 g/mol. The van der Waals surface area contributed by atoms with Gasteiger partial charge in [0, 0.05) is 0 Å². The SMILES string of the molecule is COc1cc(C=NN2C(=O)C3C4C=CC(C4)C3C2=O)cc(Cl)c1OCC#N. The predicted octanol–water partition coefficient (Wildman–Crippen LogP) is 2.39. The molecule has 0 radical (unpaired) electrons. The van der Waals surface area contributed by atoms with E-state index in [2.05, 4.69) is 5.10 Å². The summed E-state index contributed by atoms with van der Waals surface area (Å²) in [5.74, 6) is -0.199. The molecule has 1 saturated heterocycles. The highest BCUT2D eigenvalue weighted by molar-refractivity contribution is 6.32. The molecule has 3 aliphatic rings. The minimum atomic E-state index is -0.287. The van der Waals surface area contributed by atoms with E-state index >= 15 is 0 Å². The molecule has 8 heteroatoms. The van der Waals surface area contributed by atoms with Crippen LogP contribution in [0.25, 0.3) is 0 Å². The molecule has 0 spiro atoms. The Morgan fingerprint density at radius 1 is 1.30 bits per heavy atom. The molecule has 1 aromatic rings. The molecule has 0 aromatic heterocycles. The number of rotatable bonds is 5. The van der Waals surface area contributed by atoms with Crippen LogP contribution in [-0.2, 0) is 9.59 Å². The quantitative estimate of drug-likeness (QED) is 0.441. The van der Waals surface area contributed by atoms with Gasteiger partial charge in [0.05, 0.1) is 30.2 Å². The summed E-state index contributed by atoms with van der Waals surface area (Å²) in [7, 11) is 1.45. The number of nitriles is 1. The fraction of sp³-hybridized carbons (Fsp3) is 0.368. The number of imide groups is 1. The van der Waals surface area contributed by atoms with Crippen LogP contribution in [0.2, 0.25) is 5.02 Å². The highest BCUT2D eigenvalue weighted by Gasteiger charge is 2.59. The van der Waals surface area contributed by atoms with E-state index in [0.717, 1.165) is 11.4 Å². The smallest absolute Gasteiger partial charge is 0.254 e. The summed E-state index contributed by atoms with van der Waals surface area (Å²) in [6.45, 7) is -0.167. The number of carbonyl (C=O) groups is 2. The molecule has 1 saturated carbocycles. The molecule has 27 heavy (non-hydrogen) atoms. The van der Waals surface area contributed by atoms with Crippen LogP contribution in [0.1, 0.15) is 12.0 Å². The molecule has 4 rings (SSSR count). The maximum Gasteiger partial charge on any atom is 0.254 e. The van der Waals surface area contributed by atoms with E-state index in [4.69, 9.17) is 26.3 Å². The first-order chi connectivity index (χ1) is 13.0. The molecule has 4 unspecified atom stereocenters. The maximum atomic E-state index is 12.6. The maximum absolute atomic E-state index is 12.6. The van der Waals surface area contributed by atoms with Crippen LogP contribution in [-0.4, -0.2) is 36.8 Å². The van der Waals surface area contributed by atoms with Crippen molar-refractivity contribution in [2.75, 3.05) is 13.7 Å². The standard InChI is InChI=1S/C19H16ClN3O4/c1-26-14-7-10(6-13(20)17(14)27-5-4-21)9-22-23-18(24)15-11-2-3-12(8-11)16(15)19(23)25/h2-3,6-7,9,11-12,15-16H,5,8H2,1H3. The average Bonchev–Trinajstić information content (AvgIpc) is 3.33. The number of allylic oxidation sites excluding steroid dienone is 2. The Morgan fingerprint density at radius 2 is 1.96 bits per heavy atom. The fourth-order valence-corrected chi connectivity index (χ4v) is 4.46. The number of amides is 2. The van der Waals surface area contributed by atoms with E-state index < -0.39 is 0 Å². The predicted molar refractivity (Wildman–Crippen MR) is 96.3 cm³/mol. The summed E-state index contributed by atoms with van der Waals surface area (Å²) in [5, 5.41) is 14.0. The molecule has 2 fully saturated rings. The summed E-state index contributed by atoms with van der Waals surface area (Å²) in [6.07, 6.45) is 6.35. The number of methoxy groups -OCH3 is 1. The fourth-order valence-electron chi connectivity index (χ4n) is 4.18. The van der Waals surface area contributed by atoms with Crippen molar-refractivity contribution in [3.63, 3.8) is 0 Å². The zero-order chi connectivity index (χ0) is 19.1. The Bertz CT molecular complexity index is 890. The number of hydrogen-bond donors (Lipinski definition) is 0. The zero-order valence-electron chi connectivity index (χ0n) is 14.5. The molecular weight excluding hydrogens is 370 g/mol. The van der Waals surface area contributed by atoms with Crippen LogP contribution >= 0.6 is 11.6 Å². The first-order valence-corrected chi connectivity index (χ1v) is 8.90. The van der Waals surface area contributed by atoms with E-state index in [0.29, 0.717) is 11.3 Å². The molecule has 1 aromatic carbocycles. The lowest BCUT2D eigenvalue weighted by Crippen LogP contribution is -2.28. The third-order valence-corrected chi connectivity index (χ3v) is 5.58. The summed E-state index contributed by atoms with van der Waals surface area (Å²) in [6, 6.07) is 5.04. The van der Waals surface area contributed by atoms with Crippen molar-refractivity contribution >= 4 is 29.6 Å². The van der Waals surface area contributed by atoms with E-state index in [1.54, 1.807) is 12.1 Å². The first kappa shape index (κ1) is 17.6. The number of halogens is 1. The first-order valence-electron chi connectivity index (χ1n) is 8.52. The van der Waals surface area contributed by atoms with Gasteiger partial charge in [-0.15, -0.1) is 0 Å². The van der Waals surface area contributed by atoms with Crippen LogP contribution in [0.5, 0.6) is 11.5 Å².